The molecule has 0 fully saturated rings. The molecule has 1 aromatic carbocycles. The lowest BCUT2D eigenvalue weighted by Crippen LogP contribution is -2.16. The lowest BCUT2D eigenvalue weighted by atomic mass is 9.99. The van der Waals surface area contributed by atoms with Crippen molar-refractivity contribution in [2.45, 2.75) is 84.0 Å². The quantitative estimate of drug-likeness (QED) is 0.231. The topological polar surface area (TPSA) is 124 Å². The maximum Gasteiger partial charge on any atom is 0.337 e. The van der Waals surface area contributed by atoms with Crippen LogP contribution < -0.4 is 5.32 Å². The van der Waals surface area contributed by atoms with Crippen LogP contribution in [0.2, 0.25) is 0 Å². The SMILES string of the molecule is CCCCCCCCCCCCCCNc1cc(C(=O)O)c(C(=O)O)c(C(=O)O)c1. The number of carboxylic acid groups (broad SMARTS) is 3. The molecule has 0 radical (unpaired) electrons. The molecule has 0 bridgehead atoms. The number of hydrogen-bond donors (Lipinski definition) is 4. The summed E-state index contributed by atoms with van der Waals surface area (Å²) in [6.45, 7) is 2.80. The van der Waals surface area contributed by atoms with Crippen LogP contribution in [-0.4, -0.2) is 39.8 Å². The average Bonchev–Trinajstić information content (AvgIpc) is 2.70. The smallest absolute Gasteiger partial charge is 0.337 e. The number of carbonyl (C=O) groups is 3. The van der Waals surface area contributed by atoms with E-state index in [0.717, 1.165) is 19.3 Å². The van der Waals surface area contributed by atoms with Crippen LogP contribution in [0.4, 0.5) is 5.69 Å². The van der Waals surface area contributed by atoms with Crippen molar-refractivity contribution >= 4 is 23.6 Å². The standard InChI is InChI=1S/C23H35NO6/c1-2-3-4-5-6-7-8-9-10-11-12-13-14-24-17-15-18(21(25)26)20(23(29)30)19(16-17)22(27)28/h15-16,24H,2-14H2,1H3,(H,25,26)(H,27,28)(H,29,30). The van der Waals surface area contributed by atoms with Crippen LogP contribution in [-0.2, 0) is 0 Å². The molecule has 7 heteroatoms. The van der Waals surface area contributed by atoms with E-state index in [0.29, 0.717) is 12.2 Å². The number of carboxylic acids is 3. The molecule has 0 unspecified atom stereocenters. The Kier molecular flexibility index (Phi) is 12.2. The third-order valence-electron chi connectivity index (χ3n) is 5.17. The Morgan fingerprint density at radius 1 is 0.667 bits per heavy atom. The number of aromatic carboxylic acids is 3. The summed E-state index contributed by atoms with van der Waals surface area (Å²) in [7, 11) is 0. The Bertz CT molecular complexity index is 666. The van der Waals surface area contributed by atoms with Gasteiger partial charge in [-0.1, -0.05) is 77.6 Å². The molecule has 0 aliphatic heterocycles. The van der Waals surface area contributed by atoms with Crippen molar-refractivity contribution in [3.63, 3.8) is 0 Å². The minimum absolute atomic E-state index is 0.304. The predicted octanol–water partition coefficient (Wildman–Crippen LogP) is 5.89. The zero-order valence-electron chi connectivity index (χ0n) is 17.9. The van der Waals surface area contributed by atoms with E-state index in [9.17, 15) is 29.7 Å². The fourth-order valence-corrected chi connectivity index (χ4v) is 3.51. The minimum atomic E-state index is -1.57. The van der Waals surface area contributed by atoms with Gasteiger partial charge in [-0.3, -0.25) is 0 Å². The summed E-state index contributed by atoms with van der Waals surface area (Å²) in [5.41, 5.74) is -1.46. The van der Waals surface area contributed by atoms with Gasteiger partial charge >= 0.3 is 17.9 Å². The van der Waals surface area contributed by atoms with Gasteiger partial charge in [0.15, 0.2) is 0 Å². The third kappa shape index (κ3) is 9.29. The highest BCUT2D eigenvalue weighted by Gasteiger charge is 2.25. The molecule has 0 amide bonds. The lowest BCUT2D eigenvalue weighted by molar-refractivity contribution is 0.0633. The Balaban J connectivity index is 2.34. The van der Waals surface area contributed by atoms with Crippen molar-refractivity contribution in [2.75, 3.05) is 11.9 Å². The fraction of sp³-hybridized carbons (Fsp3) is 0.609. The molecule has 0 heterocycles. The first-order chi connectivity index (χ1) is 14.4. The van der Waals surface area contributed by atoms with Crippen LogP contribution in [0.1, 0.15) is 115 Å². The van der Waals surface area contributed by atoms with E-state index in [-0.39, 0.29) is 0 Å². The van der Waals surface area contributed by atoms with E-state index < -0.39 is 34.6 Å². The summed E-state index contributed by atoms with van der Waals surface area (Å²) in [6.07, 6.45) is 14.8. The zero-order chi connectivity index (χ0) is 22.4. The van der Waals surface area contributed by atoms with Crippen molar-refractivity contribution in [2.24, 2.45) is 0 Å². The lowest BCUT2D eigenvalue weighted by Gasteiger charge is -2.12. The van der Waals surface area contributed by atoms with Crippen LogP contribution in [0, 0.1) is 0 Å². The largest absolute Gasteiger partial charge is 0.478 e. The zero-order valence-corrected chi connectivity index (χ0v) is 17.9. The highest BCUT2D eigenvalue weighted by atomic mass is 16.4. The molecule has 0 saturated carbocycles. The van der Waals surface area contributed by atoms with Gasteiger partial charge in [0.25, 0.3) is 0 Å². The Morgan fingerprint density at radius 2 is 1.07 bits per heavy atom. The summed E-state index contributed by atoms with van der Waals surface area (Å²) < 4.78 is 0. The second-order valence-corrected chi connectivity index (χ2v) is 7.68. The normalized spacial score (nSPS) is 10.7. The minimum Gasteiger partial charge on any atom is -0.478 e. The van der Waals surface area contributed by atoms with Crippen LogP contribution in [0.3, 0.4) is 0 Å². The van der Waals surface area contributed by atoms with E-state index in [1.54, 1.807) is 0 Å². The van der Waals surface area contributed by atoms with Gasteiger partial charge in [0.05, 0.1) is 16.7 Å². The molecular weight excluding hydrogens is 386 g/mol. The number of nitrogens with one attached hydrogen (secondary N) is 1. The summed E-state index contributed by atoms with van der Waals surface area (Å²) in [4.78, 5) is 34.0. The molecule has 0 aliphatic carbocycles. The molecule has 0 aliphatic rings. The van der Waals surface area contributed by atoms with Gasteiger partial charge in [-0.15, -0.1) is 0 Å². The summed E-state index contributed by atoms with van der Waals surface area (Å²) in [6, 6.07) is 2.36. The molecule has 1 rings (SSSR count). The predicted molar refractivity (Wildman–Crippen MR) is 117 cm³/mol. The summed E-state index contributed by atoms with van der Waals surface area (Å²) >= 11 is 0. The highest BCUT2D eigenvalue weighted by molar-refractivity contribution is 6.10. The van der Waals surface area contributed by atoms with Crippen molar-refractivity contribution in [3.05, 3.63) is 28.8 Å². The van der Waals surface area contributed by atoms with Gasteiger partial charge in [0.1, 0.15) is 0 Å². The molecule has 0 aromatic heterocycles. The van der Waals surface area contributed by atoms with E-state index in [1.807, 2.05) is 0 Å². The highest BCUT2D eigenvalue weighted by Crippen LogP contribution is 2.22. The first-order valence-electron chi connectivity index (χ1n) is 11.0. The van der Waals surface area contributed by atoms with Crippen molar-refractivity contribution in [1.29, 1.82) is 0 Å². The van der Waals surface area contributed by atoms with Crippen LogP contribution in [0.5, 0.6) is 0 Å². The number of benzene rings is 1. The number of rotatable bonds is 17. The second kappa shape index (κ2) is 14.4. The maximum absolute atomic E-state index is 11.4. The molecule has 7 nitrogen and oxygen atoms in total. The van der Waals surface area contributed by atoms with Gasteiger partial charge in [0.2, 0.25) is 0 Å². The molecule has 30 heavy (non-hydrogen) atoms. The van der Waals surface area contributed by atoms with Crippen molar-refractivity contribution < 1.29 is 29.7 Å². The molecule has 4 N–H and O–H groups in total. The number of unbranched alkanes of at least 4 members (excludes halogenated alkanes) is 11. The maximum atomic E-state index is 11.4. The Morgan fingerprint density at radius 3 is 1.43 bits per heavy atom. The first kappa shape index (κ1) is 25.5. The van der Waals surface area contributed by atoms with E-state index in [1.165, 1.54) is 69.9 Å². The monoisotopic (exact) mass is 421 g/mol. The van der Waals surface area contributed by atoms with Crippen molar-refractivity contribution in [1.82, 2.24) is 0 Å². The molecule has 0 spiro atoms. The Labute approximate surface area is 178 Å². The van der Waals surface area contributed by atoms with Crippen LogP contribution in [0.25, 0.3) is 0 Å². The van der Waals surface area contributed by atoms with E-state index in [4.69, 9.17) is 0 Å². The van der Waals surface area contributed by atoms with Crippen LogP contribution in [0.15, 0.2) is 12.1 Å². The molecule has 168 valence electrons. The van der Waals surface area contributed by atoms with Gasteiger partial charge in [-0.25, -0.2) is 14.4 Å². The summed E-state index contributed by atoms with van der Waals surface area (Å²) in [5, 5.41) is 30.7. The fourth-order valence-electron chi connectivity index (χ4n) is 3.51. The molecular formula is C23H35NO6. The van der Waals surface area contributed by atoms with Crippen LogP contribution >= 0.6 is 0 Å². The van der Waals surface area contributed by atoms with Gasteiger partial charge in [-0.05, 0) is 18.6 Å². The second-order valence-electron chi connectivity index (χ2n) is 7.68. The van der Waals surface area contributed by atoms with Gasteiger partial charge in [-0.2, -0.15) is 0 Å². The number of anilines is 1. The summed E-state index contributed by atoms with van der Waals surface area (Å²) in [5.74, 6) is -4.51. The molecule has 0 atom stereocenters. The Hall–Kier alpha value is -2.57. The molecule has 1 aromatic rings. The number of hydrogen-bond acceptors (Lipinski definition) is 4. The third-order valence-corrected chi connectivity index (χ3v) is 5.17. The van der Waals surface area contributed by atoms with Crippen molar-refractivity contribution in [3.8, 4) is 0 Å². The first-order valence-corrected chi connectivity index (χ1v) is 11.0. The van der Waals surface area contributed by atoms with Gasteiger partial charge in [0, 0.05) is 12.2 Å². The molecule has 0 saturated heterocycles. The van der Waals surface area contributed by atoms with E-state index in [2.05, 4.69) is 12.2 Å². The average molecular weight is 422 g/mol. The van der Waals surface area contributed by atoms with Gasteiger partial charge < -0.3 is 20.6 Å². The van der Waals surface area contributed by atoms with E-state index >= 15 is 0 Å².